The van der Waals surface area contributed by atoms with Crippen molar-refractivity contribution in [3.05, 3.63) is 29.6 Å². The molecule has 3 atom stereocenters. The van der Waals surface area contributed by atoms with Crippen LogP contribution in [0.15, 0.2) is 18.2 Å². The van der Waals surface area contributed by atoms with Gasteiger partial charge < -0.3 is 10.2 Å². The van der Waals surface area contributed by atoms with Crippen LogP contribution in [0.1, 0.15) is 52.1 Å². The van der Waals surface area contributed by atoms with Gasteiger partial charge in [-0.15, -0.1) is 0 Å². The minimum Gasteiger partial charge on any atom is -0.366 e. The highest BCUT2D eigenvalue weighted by molar-refractivity contribution is 5.51. The van der Waals surface area contributed by atoms with Crippen LogP contribution >= 0.6 is 0 Å². The summed E-state index contributed by atoms with van der Waals surface area (Å²) >= 11 is 0. The highest BCUT2D eigenvalue weighted by atomic mass is 19.1. The minimum absolute atomic E-state index is 0.0893. The molecule has 1 aliphatic heterocycles. The summed E-state index contributed by atoms with van der Waals surface area (Å²) in [5, 5.41) is 3.40. The van der Waals surface area contributed by atoms with Crippen molar-refractivity contribution in [3.8, 4) is 0 Å². The van der Waals surface area contributed by atoms with Crippen molar-refractivity contribution in [3.63, 3.8) is 0 Å². The van der Waals surface area contributed by atoms with E-state index >= 15 is 0 Å². The lowest BCUT2D eigenvalue weighted by molar-refractivity contribution is 0.560. The van der Waals surface area contributed by atoms with E-state index < -0.39 is 0 Å². The molecule has 2 nitrogen and oxygen atoms in total. The van der Waals surface area contributed by atoms with Gasteiger partial charge in [0, 0.05) is 18.6 Å². The first-order chi connectivity index (χ1) is 9.52. The molecule has 1 aromatic carbocycles. The van der Waals surface area contributed by atoms with Crippen molar-refractivity contribution in [1.29, 1.82) is 0 Å². The molecule has 0 aromatic heterocycles. The molecule has 1 saturated heterocycles. The SMILES string of the molecule is CCCNC(C)c1ccc(N2CC(C)CC2C)c(F)c1. The lowest BCUT2D eigenvalue weighted by atomic mass is 10.1. The highest BCUT2D eigenvalue weighted by Crippen LogP contribution is 2.31. The van der Waals surface area contributed by atoms with Gasteiger partial charge in [0.15, 0.2) is 0 Å². The topological polar surface area (TPSA) is 15.3 Å². The zero-order valence-electron chi connectivity index (χ0n) is 13.1. The van der Waals surface area contributed by atoms with Gasteiger partial charge >= 0.3 is 0 Å². The molecule has 2 rings (SSSR count). The molecule has 0 amide bonds. The first-order valence-corrected chi connectivity index (χ1v) is 7.82. The van der Waals surface area contributed by atoms with Crippen LogP contribution in [0.2, 0.25) is 0 Å². The van der Waals surface area contributed by atoms with Gasteiger partial charge in [0.1, 0.15) is 5.82 Å². The molecule has 3 unspecified atom stereocenters. The van der Waals surface area contributed by atoms with Gasteiger partial charge in [-0.05, 0) is 56.8 Å². The van der Waals surface area contributed by atoms with E-state index in [0.717, 1.165) is 37.2 Å². The van der Waals surface area contributed by atoms with Gasteiger partial charge in [-0.2, -0.15) is 0 Å². The second-order valence-electron chi connectivity index (χ2n) is 6.23. The molecular weight excluding hydrogens is 251 g/mol. The van der Waals surface area contributed by atoms with Crippen molar-refractivity contribution >= 4 is 5.69 Å². The lowest BCUT2D eigenvalue weighted by Crippen LogP contribution is -2.27. The number of halogens is 1. The summed E-state index contributed by atoms with van der Waals surface area (Å²) in [5.41, 5.74) is 1.79. The zero-order chi connectivity index (χ0) is 14.7. The highest BCUT2D eigenvalue weighted by Gasteiger charge is 2.28. The van der Waals surface area contributed by atoms with Gasteiger partial charge in [-0.1, -0.05) is 19.9 Å². The largest absolute Gasteiger partial charge is 0.366 e. The van der Waals surface area contributed by atoms with Crippen LogP contribution in [0.5, 0.6) is 0 Å². The van der Waals surface area contributed by atoms with E-state index in [1.54, 1.807) is 6.07 Å². The maximum Gasteiger partial charge on any atom is 0.146 e. The fraction of sp³-hybridized carbons (Fsp3) is 0.647. The second kappa shape index (κ2) is 6.57. The Morgan fingerprint density at radius 1 is 1.40 bits per heavy atom. The van der Waals surface area contributed by atoms with Crippen LogP contribution in [0.4, 0.5) is 10.1 Å². The fourth-order valence-electron chi connectivity index (χ4n) is 3.14. The van der Waals surface area contributed by atoms with E-state index in [-0.39, 0.29) is 11.9 Å². The van der Waals surface area contributed by atoms with Crippen LogP contribution < -0.4 is 10.2 Å². The fourth-order valence-corrected chi connectivity index (χ4v) is 3.14. The van der Waals surface area contributed by atoms with Gasteiger partial charge in [0.25, 0.3) is 0 Å². The van der Waals surface area contributed by atoms with Crippen LogP contribution in [0, 0.1) is 11.7 Å². The van der Waals surface area contributed by atoms with Crippen LogP contribution in [-0.2, 0) is 0 Å². The normalized spacial score (nSPS) is 24.1. The third kappa shape index (κ3) is 3.32. The molecule has 3 heteroatoms. The van der Waals surface area contributed by atoms with Crippen molar-refractivity contribution in [2.45, 2.75) is 52.6 Å². The van der Waals surface area contributed by atoms with Crippen LogP contribution in [-0.4, -0.2) is 19.1 Å². The first-order valence-electron chi connectivity index (χ1n) is 7.82. The molecule has 1 fully saturated rings. The smallest absolute Gasteiger partial charge is 0.146 e. The Morgan fingerprint density at radius 2 is 2.15 bits per heavy atom. The standard InChI is InChI=1S/C17H27FN2/c1-5-8-19-14(4)15-6-7-17(16(18)10-15)20-11-12(2)9-13(20)3/h6-7,10,12-14,19H,5,8-9,11H2,1-4H3. The molecule has 20 heavy (non-hydrogen) atoms. The summed E-state index contributed by atoms with van der Waals surface area (Å²) in [6.07, 6.45) is 2.24. The van der Waals surface area contributed by atoms with E-state index in [1.165, 1.54) is 0 Å². The average molecular weight is 278 g/mol. The Balaban J connectivity index is 2.13. The predicted octanol–water partition coefficient (Wildman–Crippen LogP) is 4.12. The van der Waals surface area contributed by atoms with Crippen molar-refractivity contribution in [2.75, 3.05) is 18.0 Å². The number of hydrogen-bond acceptors (Lipinski definition) is 2. The van der Waals surface area contributed by atoms with Crippen molar-refractivity contribution in [2.24, 2.45) is 5.92 Å². The van der Waals surface area contributed by atoms with E-state index in [9.17, 15) is 4.39 Å². The maximum atomic E-state index is 14.4. The molecule has 0 spiro atoms. The molecule has 112 valence electrons. The molecule has 0 saturated carbocycles. The number of benzene rings is 1. The third-order valence-electron chi connectivity index (χ3n) is 4.27. The van der Waals surface area contributed by atoms with Gasteiger partial charge in [-0.3, -0.25) is 0 Å². The van der Waals surface area contributed by atoms with Crippen LogP contribution in [0.3, 0.4) is 0 Å². The van der Waals surface area contributed by atoms with E-state index in [4.69, 9.17) is 0 Å². The van der Waals surface area contributed by atoms with Gasteiger partial charge in [0.05, 0.1) is 5.69 Å². The molecule has 0 aliphatic carbocycles. The lowest BCUT2D eigenvalue weighted by Gasteiger charge is -2.25. The molecule has 1 aliphatic rings. The van der Waals surface area contributed by atoms with E-state index in [2.05, 4.69) is 44.0 Å². The summed E-state index contributed by atoms with van der Waals surface area (Å²) in [4.78, 5) is 2.20. The Morgan fingerprint density at radius 3 is 2.70 bits per heavy atom. The summed E-state index contributed by atoms with van der Waals surface area (Å²) < 4.78 is 14.4. The molecule has 1 aromatic rings. The summed E-state index contributed by atoms with van der Waals surface area (Å²) in [5.74, 6) is 0.558. The number of nitrogens with zero attached hydrogens (tertiary/aromatic N) is 1. The van der Waals surface area contributed by atoms with Gasteiger partial charge in [0.2, 0.25) is 0 Å². The molecule has 1 N–H and O–H groups in total. The molecule has 1 heterocycles. The maximum absolute atomic E-state index is 14.4. The monoisotopic (exact) mass is 278 g/mol. The number of rotatable bonds is 5. The van der Waals surface area contributed by atoms with E-state index in [0.29, 0.717) is 12.0 Å². The summed E-state index contributed by atoms with van der Waals surface area (Å²) in [7, 11) is 0. The van der Waals surface area contributed by atoms with Crippen molar-refractivity contribution in [1.82, 2.24) is 5.32 Å². The Hall–Kier alpha value is -1.09. The Labute approximate surface area is 122 Å². The summed E-state index contributed by atoms with van der Waals surface area (Å²) in [6.45, 7) is 10.6. The quantitative estimate of drug-likeness (QED) is 0.871. The summed E-state index contributed by atoms with van der Waals surface area (Å²) in [6, 6.07) is 6.33. The average Bonchev–Trinajstić information content (AvgIpc) is 2.74. The van der Waals surface area contributed by atoms with Crippen molar-refractivity contribution < 1.29 is 4.39 Å². The number of nitrogens with one attached hydrogen (secondary N) is 1. The molecular formula is C17H27FN2. The minimum atomic E-state index is -0.0893. The molecule has 0 bridgehead atoms. The second-order valence-corrected chi connectivity index (χ2v) is 6.23. The number of anilines is 1. The Bertz CT molecular complexity index is 447. The number of hydrogen-bond donors (Lipinski definition) is 1. The zero-order valence-corrected chi connectivity index (χ0v) is 13.1. The first kappa shape index (κ1) is 15.3. The van der Waals surface area contributed by atoms with E-state index in [1.807, 2.05) is 6.07 Å². The van der Waals surface area contributed by atoms with Gasteiger partial charge in [-0.25, -0.2) is 4.39 Å². The van der Waals surface area contributed by atoms with Crippen LogP contribution in [0.25, 0.3) is 0 Å². The molecule has 0 radical (unpaired) electrons. The Kier molecular flexibility index (Phi) is 5.03. The third-order valence-corrected chi connectivity index (χ3v) is 4.27. The predicted molar refractivity (Wildman–Crippen MR) is 83.7 cm³/mol.